The second kappa shape index (κ2) is 14.8. The van der Waals surface area contributed by atoms with Crippen molar-refractivity contribution in [2.75, 3.05) is 4.90 Å². The Morgan fingerprint density at radius 2 is 0.790 bits per heavy atom. The van der Waals surface area contributed by atoms with E-state index in [1.54, 1.807) is 0 Å². The van der Waals surface area contributed by atoms with E-state index in [-0.39, 0.29) is 0 Å². The molecule has 0 N–H and O–H groups in total. The van der Waals surface area contributed by atoms with Gasteiger partial charge in [0.25, 0.3) is 0 Å². The van der Waals surface area contributed by atoms with Crippen molar-refractivity contribution >= 4 is 71.3 Å². The van der Waals surface area contributed by atoms with Crippen molar-refractivity contribution in [3.63, 3.8) is 0 Å². The number of rotatable bonds is 7. The molecular formula is C60H39NO. The summed E-state index contributed by atoms with van der Waals surface area (Å²) >= 11 is 0. The van der Waals surface area contributed by atoms with Gasteiger partial charge in [-0.1, -0.05) is 182 Å². The van der Waals surface area contributed by atoms with Crippen LogP contribution in [0.1, 0.15) is 0 Å². The highest BCUT2D eigenvalue weighted by Crippen LogP contribution is 2.45. The van der Waals surface area contributed by atoms with E-state index in [0.29, 0.717) is 0 Å². The maximum absolute atomic E-state index is 6.80. The second-order valence-electron chi connectivity index (χ2n) is 16.1. The molecule has 1 aromatic heterocycles. The number of hydrogen-bond acceptors (Lipinski definition) is 2. The van der Waals surface area contributed by atoms with Gasteiger partial charge < -0.3 is 9.32 Å². The first-order chi connectivity index (χ1) is 30.7. The maximum Gasteiger partial charge on any atom is 0.143 e. The molecule has 12 rings (SSSR count). The highest BCUT2D eigenvalue weighted by molar-refractivity contribution is 6.14. The van der Waals surface area contributed by atoms with Crippen LogP contribution in [-0.4, -0.2) is 0 Å². The topological polar surface area (TPSA) is 16.4 Å². The Hall–Kier alpha value is -8.20. The van der Waals surface area contributed by atoms with E-state index in [0.717, 1.165) is 55.7 Å². The van der Waals surface area contributed by atoms with E-state index in [4.69, 9.17) is 4.42 Å². The van der Waals surface area contributed by atoms with Gasteiger partial charge in [-0.2, -0.15) is 0 Å². The van der Waals surface area contributed by atoms with E-state index in [1.165, 1.54) is 60.1 Å². The Labute approximate surface area is 360 Å². The molecular weight excluding hydrogens is 751 g/mol. The Bertz CT molecular complexity index is 3630. The van der Waals surface area contributed by atoms with Crippen LogP contribution in [-0.2, 0) is 0 Å². The largest absolute Gasteiger partial charge is 0.455 e. The molecule has 2 nitrogen and oxygen atoms in total. The van der Waals surface area contributed by atoms with Gasteiger partial charge in [-0.15, -0.1) is 0 Å². The predicted octanol–water partition coefficient (Wildman–Crippen LogP) is 17.2. The van der Waals surface area contributed by atoms with Crippen LogP contribution in [0, 0.1) is 0 Å². The molecule has 290 valence electrons. The molecule has 0 aliphatic rings. The number of benzene rings is 11. The molecule has 0 amide bonds. The van der Waals surface area contributed by atoms with Crippen LogP contribution in [0.15, 0.2) is 241 Å². The van der Waals surface area contributed by atoms with Gasteiger partial charge >= 0.3 is 0 Å². The van der Waals surface area contributed by atoms with E-state index < -0.39 is 0 Å². The fourth-order valence-electron chi connectivity index (χ4n) is 9.34. The lowest BCUT2D eigenvalue weighted by Gasteiger charge is -2.28. The third-order valence-corrected chi connectivity index (χ3v) is 12.4. The average molecular weight is 790 g/mol. The summed E-state index contributed by atoms with van der Waals surface area (Å²) in [5, 5.41) is 9.59. The number of fused-ring (bicyclic) bond motifs is 6. The molecule has 0 aliphatic heterocycles. The van der Waals surface area contributed by atoms with Crippen LogP contribution in [0.25, 0.3) is 98.8 Å². The van der Waals surface area contributed by atoms with E-state index in [2.05, 4.69) is 241 Å². The third-order valence-electron chi connectivity index (χ3n) is 12.4. The molecule has 0 unspecified atom stereocenters. The van der Waals surface area contributed by atoms with Crippen molar-refractivity contribution in [2.24, 2.45) is 0 Å². The Kier molecular flexibility index (Phi) is 8.53. The molecule has 0 bridgehead atoms. The highest BCUT2D eigenvalue weighted by Gasteiger charge is 2.21. The first kappa shape index (κ1) is 35.7. The van der Waals surface area contributed by atoms with E-state index in [1.807, 2.05) is 0 Å². The number of nitrogens with zero attached hydrogens (tertiary/aromatic N) is 1. The Morgan fingerprint density at radius 3 is 1.56 bits per heavy atom. The minimum absolute atomic E-state index is 0.887. The zero-order chi connectivity index (χ0) is 41.0. The molecule has 0 atom stereocenters. The lowest BCUT2D eigenvalue weighted by molar-refractivity contribution is 0.670. The van der Waals surface area contributed by atoms with Crippen molar-refractivity contribution in [3.8, 4) is 44.5 Å². The molecule has 11 aromatic carbocycles. The van der Waals surface area contributed by atoms with Gasteiger partial charge in [0, 0.05) is 33.3 Å². The lowest BCUT2D eigenvalue weighted by Crippen LogP contribution is -2.11. The smallest absolute Gasteiger partial charge is 0.143 e. The fraction of sp³-hybridized carbons (Fsp3) is 0. The quantitative estimate of drug-likeness (QED) is 0.160. The zero-order valence-electron chi connectivity index (χ0n) is 33.9. The van der Waals surface area contributed by atoms with Crippen LogP contribution < -0.4 is 4.90 Å². The Morgan fingerprint density at radius 1 is 0.274 bits per heavy atom. The van der Waals surface area contributed by atoms with Gasteiger partial charge in [-0.05, 0) is 120 Å². The third kappa shape index (κ3) is 6.20. The summed E-state index contributed by atoms with van der Waals surface area (Å²) in [5.74, 6) is 0. The monoisotopic (exact) mass is 789 g/mol. The molecule has 0 saturated heterocycles. The van der Waals surface area contributed by atoms with Crippen molar-refractivity contribution in [2.45, 2.75) is 0 Å². The van der Waals surface area contributed by atoms with Gasteiger partial charge in [-0.3, -0.25) is 0 Å². The summed E-state index contributed by atoms with van der Waals surface area (Å²) in [5.41, 5.74) is 14.3. The minimum atomic E-state index is 0.887. The highest BCUT2D eigenvalue weighted by atomic mass is 16.3. The first-order valence-corrected chi connectivity index (χ1v) is 21.2. The molecule has 0 radical (unpaired) electrons. The van der Waals surface area contributed by atoms with E-state index >= 15 is 0 Å². The minimum Gasteiger partial charge on any atom is -0.455 e. The van der Waals surface area contributed by atoms with Crippen molar-refractivity contribution in [1.29, 1.82) is 0 Å². The van der Waals surface area contributed by atoms with Crippen molar-refractivity contribution in [3.05, 3.63) is 237 Å². The lowest BCUT2D eigenvalue weighted by atomic mass is 9.95. The molecule has 12 aromatic rings. The summed E-state index contributed by atoms with van der Waals surface area (Å²) < 4.78 is 6.80. The van der Waals surface area contributed by atoms with Crippen molar-refractivity contribution < 1.29 is 4.42 Å². The molecule has 2 heteroatoms. The van der Waals surface area contributed by atoms with Gasteiger partial charge in [0.05, 0.1) is 5.69 Å². The molecule has 0 saturated carbocycles. The molecule has 0 aliphatic carbocycles. The van der Waals surface area contributed by atoms with Crippen LogP contribution in [0.3, 0.4) is 0 Å². The predicted molar refractivity (Wildman–Crippen MR) is 263 cm³/mol. The summed E-state index contributed by atoms with van der Waals surface area (Å²) in [6.45, 7) is 0. The van der Waals surface area contributed by atoms with Gasteiger partial charge in [0.1, 0.15) is 11.2 Å². The van der Waals surface area contributed by atoms with Gasteiger partial charge in [0.15, 0.2) is 0 Å². The zero-order valence-corrected chi connectivity index (χ0v) is 33.9. The maximum atomic E-state index is 6.80. The fourth-order valence-corrected chi connectivity index (χ4v) is 9.34. The van der Waals surface area contributed by atoms with Crippen LogP contribution in [0.5, 0.6) is 0 Å². The van der Waals surface area contributed by atoms with E-state index in [9.17, 15) is 0 Å². The summed E-state index contributed by atoms with van der Waals surface area (Å²) in [6.07, 6.45) is 0. The SMILES string of the molecule is c1cc(-c2ccc(N(c3ccc(-c4ccc5ccccc5c4)cc3)c3ccccc3-c3cccc4c3oc3cc5ccccc5cc34)cc2)cc(-c2cccc3ccccc23)c1. The standard InChI is InChI=1S/C60H39NO/c1-2-14-44-36-48(27-26-40(44)12-1)42-30-34-51(35-31-42)61(50-32-28-41(29-33-50)45-18-9-19-49(37-45)53-22-10-17-43-13-5-6-20-52(43)53)58-25-8-7-21-54(58)55-23-11-24-56-57-38-46-15-3-4-16-47(46)39-59(57)62-60(55)56/h1-39H. The Balaban J connectivity index is 0.984. The van der Waals surface area contributed by atoms with Crippen molar-refractivity contribution in [1.82, 2.24) is 0 Å². The molecule has 1 heterocycles. The molecule has 0 fully saturated rings. The second-order valence-corrected chi connectivity index (χ2v) is 16.1. The average Bonchev–Trinajstić information content (AvgIpc) is 3.71. The first-order valence-electron chi connectivity index (χ1n) is 21.2. The van der Waals surface area contributed by atoms with Crippen LogP contribution >= 0.6 is 0 Å². The van der Waals surface area contributed by atoms with Crippen LogP contribution in [0.2, 0.25) is 0 Å². The van der Waals surface area contributed by atoms with Gasteiger partial charge in [0.2, 0.25) is 0 Å². The number of anilines is 3. The summed E-state index contributed by atoms with van der Waals surface area (Å²) in [6, 6.07) is 85.5. The molecule has 62 heavy (non-hydrogen) atoms. The summed E-state index contributed by atoms with van der Waals surface area (Å²) in [7, 11) is 0. The van der Waals surface area contributed by atoms with Crippen LogP contribution in [0.4, 0.5) is 17.1 Å². The molecule has 0 spiro atoms. The normalized spacial score (nSPS) is 11.5. The number of hydrogen-bond donors (Lipinski definition) is 0. The number of furan rings is 1. The van der Waals surface area contributed by atoms with Gasteiger partial charge in [-0.25, -0.2) is 0 Å². The summed E-state index contributed by atoms with van der Waals surface area (Å²) in [4.78, 5) is 2.38. The number of para-hydroxylation sites is 2.